The highest BCUT2D eigenvalue weighted by atomic mass is 19.4. The number of hydrogen-bond acceptors (Lipinski definition) is 10. The van der Waals surface area contributed by atoms with Crippen LogP contribution in [0.2, 0.25) is 0 Å². The summed E-state index contributed by atoms with van der Waals surface area (Å²) in [6.45, 7) is 3.91. The average molecular weight is 810 g/mol. The molecule has 4 saturated heterocycles. The molecule has 2 aromatic carbocycles. The Bertz CT molecular complexity index is 2280. The predicted molar refractivity (Wildman–Crippen MR) is 203 cm³/mol. The van der Waals surface area contributed by atoms with Crippen LogP contribution in [-0.4, -0.2) is 112 Å². The summed E-state index contributed by atoms with van der Waals surface area (Å²) in [6, 6.07) is 6.22. The van der Waals surface area contributed by atoms with Gasteiger partial charge in [-0.1, -0.05) is 18.2 Å². The Morgan fingerprint density at radius 2 is 1.93 bits per heavy atom. The van der Waals surface area contributed by atoms with E-state index in [2.05, 4.69) is 20.2 Å². The van der Waals surface area contributed by atoms with E-state index in [9.17, 15) is 27.2 Å². The number of aryl methyl sites for hydroxylation is 1. The summed E-state index contributed by atoms with van der Waals surface area (Å²) in [5.41, 5.74) is -0.501. The lowest BCUT2D eigenvalue weighted by Crippen LogP contribution is -2.57. The quantitative estimate of drug-likeness (QED) is 0.208. The molecule has 1 unspecified atom stereocenters. The molecule has 0 radical (unpaired) electrons. The number of amides is 2. The van der Waals surface area contributed by atoms with Crippen molar-refractivity contribution in [2.24, 2.45) is 0 Å². The van der Waals surface area contributed by atoms with Crippen LogP contribution in [0.5, 0.6) is 11.8 Å². The van der Waals surface area contributed by atoms with E-state index in [-0.39, 0.29) is 66.5 Å². The van der Waals surface area contributed by atoms with E-state index in [4.69, 9.17) is 19.2 Å². The lowest BCUT2D eigenvalue weighted by atomic mass is 9.91. The second kappa shape index (κ2) is 14.6. The number of carbonyl (C=O) groups excluding carboxylic acids is 2. The zero-order valence-corrected chi connectivity index (χ0v) is 32.0. The van der Waals surface area contributed by atoms with Gasteiger partial charge in [0.05, 0.1) is 23.1 Å². The summed E-state index contributed by atoms with van der Waals surface area (Å²) < 4.78 is 91.2. The molecule has 0 saturated carbocycles. The van der Waals surface area contributed by atoms with Crippen molar-refractivity contribution >= 4 is 39.7 Å². The van der Waals surface area contributed by atoms with Gasteiger partial charge in [0.2, 0.25) is 0 Å². The van der Waals surface area contributed by atoms with E-state index in [1.165, 1.54) is 18.3 Å². The number of halogens is 5. The van der Waals surface area contributed by atoms with Gasteiger partial charge < -0.3 is 24.4 Å². The molecule has 6 aliphatic rings. The van der Waals surface area contributed by atoms with Crippen molar-refractivity contribution in [1.82, 2.24) is 30.1 Å². The lowest BCUT2D eigenvalue weighted by Gasteiger charge is -2.41. The highest BCUT2D eigenvalue weighted by molar-refractivity contribution is 6.02. The number of carbonyl (C=O) groups is 2. The van der Waals surface area contributed by atoms with Gasteiger partial charge in [-0.05, 0) is 93.3 Å². The Morgan fingerprint density at radius 1 is 1.09 bits per heavy atom. The van der Waals surface area contributed by atoms with Crippen LogP contribution in [-0.2, 0) is 11.2 Å². The topological polar surface area (TPSA) is 122 Å². The van der Waals surface area contributed by atoms with Crippen molar-refractivity contribution in [1.29, 1.82) is 0 Å². The minimum atomic E-state index is -4.62. The number of likely N-dealkylation sites (tertiary alicyclic amines) is 1. The van der Waals surface area contributed by atoms with Gasteiger partial charge in [0.15, 0.2) is 5.82 Å². The molecule has 4 atom stereocenters. The first kappa shape index (κ1) is 38.5. The van der Waals surface area contributed by atoms with Crippen LogP contribution >= 0.6 is 0 Å². The van der Waals surface area contributed by atoms with Crippen molar-refractivity contribution in [2.75, 3.05) is 50.8 Å². The maximum atomic E-state index is 17.5. The van der Waals surface area contributed by atoms with Gasteiger partial charge in [0, 0.05) is 44.4 Å². The number of hydrogen-bond donors (Lipinski definition) is 1. The number of anilines is 1. The molecular formula is C41H44F5N7O5. The Hall–Kier alpha value is -5.06. The number of alkyl halides is 4. The molecule has 17 heteroatoms. The van der Waals surface area contributed by atoms with Crippen LogP contribution in [0.3, 0.4) is 0 Å². The normalized spacial score (nSPS) is 26.6. The van der Waals surface area contributed by atoms with Crippen LogP contribution in [0, 0.1) is 5.82 Å². The van der Waals surface area contributed by atoms with Gasteiger partial charge in [-0.25, -0.2) is 18.4 Å². The van der Waals surface area contributed by atoms with Gasteiger partial charge in [0.25, 0.3) is 0 Å². The van der Waals surface area contributed by atoms with Gasteiger partial charge in [-0.2, -0.15) is 23.1 Å². The molecule has 4 aromatic rings. The van der Waals surface area contributed by atoms with E-state index in [0.29, 0.717) is 73.2 Å². The van der Waals surface area contributed by atoms with Crippen molar-refractivity contribution < 1.29 is 45.8 Å². The molecule has 0 spiro atoms. The summed E-state index contributed by atoms with van der Waals surface area (Å²) in [5.74, 6) is -0.557. The summed E-state index contributed by atoms with van der Waals surface area (Å²) in [7, 11) is 0. The Balaban J connectivity index is 1.18. The maximum absolute atomic E-state index is 17.5. The van der Waals surface area contributed by atoms with Crippen LogP contribution in [0.4, 0.5) is 37.4 Å². The van der Waals surface area contributed by atoms with E-state index < -0.39 is 47.5 Å². The fraction of sp³-hybridized carbons (Fsp3) is 0.537. The minimum Gasteiger partial charge on any atom is -0.461 e. The number of nitrogens with zero attached hydrogens (tertiary/aromatic N) is 6. The summed E-state index contributed by atoms with van der Waals surface area (Å²) >= 11 is 0. The number of nitrogens with one attached hydrogen (secondary N) is 1. The van der Waals surface area contributed by atoms with E-state index in [1.54, 1.807) is 12.1 Å². The highest BCUT2D eigenvalue weighted by Crippen LogP contribution is 2.43. The van der Waals surface area contributed by atoms with E-state index in [1.807, 2.05) is 17.9 Å². The number of pyridine rings is 1. The van der Waals surface area contributed by atoms with Gasteiger partial charge >= 0.3 is 24.4 Å². The van der Waals surface area contributed by atoms with Crippen molar-refractivity contribution in [2.45, 2.75) is 94.2 Å². The zero-order valence-electron chi connectivity index (χ0n) is 32.0. The molecule has 8 heterocycles. The first-order chi connectivity index (χ1) is 27.8. The van der Waals surface area contributed by atoms with Crippen LogP contribution in [0.15, 0.2) is 36.5 Å². The summed E-state index contributed by atoms with van der Waals surface area (Å²) in [6.07, 6.45) is -1.82. The number of benzene rings is 2. The molecule has 6 aliphatic heterocycles. The lowest BCUT2D eigenvalue weighted by molar-refractivity contribution is -0.170. The number of fused-ring (bicyclic) bond motifs is 7. The zero-order chi connectivity index (χ0) is 40.4. The Kier molecular flexibility index (Phi) is 9.71. The fourth-order valence-corrected chi connectivity index (χ4v) is 9.81. The Labute approximate surface area is 331 Å². The summed E-state index contributed by atoms with van der Waals surface area (Å²) in [5, 5.41) is 4.41. The Morgan fingerprint density at radius 3 is 2.78 bits per heavy atom. The predicted octanol–water partition coefficient (Wildman–Crippen LogP) is 7.50. The smallest absolute Gasteiger partial charge is 0.415 e. The largest absolute Gasteiger partial charge is 0.461 e. The molecule has 10 rings (SSSR count). The number of alkyl carbamates (subject to hydrolysis) is 1. The monoisotopic (exact) mass is 809 g/mol. The first-order valence-electron chi connectivity index (χ1n) is 20.0. The van der Waals surface area contributed by atoms with Gasteiger partial charge in [0.1, 0.15) is 41.6 Å². The number of aromatic nitrogens is 3. The molecule has 1 N–H and O–H groups in total. The maximum Gasteiger partial charge on any atom is 0.415 e. The molecule has 308 valence electrons. The number of piperidine rings is 1. The van der Waals surface area contributed by atoms with Crippen LogP contribution in [0.25, 0.3) is 32.9 Å². The number of rotatable bonds is 4. The SMILES string of the molecule is C[C@@]12CCCN(C1)c1nc(OC[C@@]34CCCN3C[C@H](F)C4)nc3c(F)c(ncc13)-c1cc(OC(=O)N3CCCC3C(F)(F)F)cc3cccc(c13)CCCOC(=O)N2. The van der Waals surface area contributed by atoms with Gasteiger partial charge in [-0.3, -0.25) is 14.8 Å². The average Bonchev–Trinajstić information content (AvgIpc) is 3.90. The molecule has 0 aliphatic carbocycles. The molecule has 2 aromatic heterocycles. The molecular weight excluding hydrogens is 765 g/mol. The van der Waals surface area contributed by atoms with Crippen LogP contribution in [0.1, 0.15) is 63.9 Å². The van der Waals surface area contributed by atoms with Gasteiger partial charge in [-0.15, -0.1) is 0 Å². The van der Waals surface area contributed by atoms with Crippen LogP contribution < -0.4 is 19.7 Å². The number of ether oxygens (including phenoxy) is 3. The molecule has 4 fully saturated rings. The standard InChI is InChI=1S/C41H44F5N7O5/c1-39-11-5-13-51(22-39)35-29-20-47-33(32(43)34(29)48-36(49-35)57-23-40-12-6-14-52(40)21-26(42)19-40)28-18-27(58-38(55)53-15-3-10-30(53)41(44,45)46)17-25-8-2-7-24(31(25)28)9-4-16-56-37(54)50-39/h2,7-8,17-18,20,26,30H,3-6,9-16,19,21-23H2,1H3,(H,50,54)/t26-,30?,39-,40+/m1/s1. The third-order valence-corrected chi connectivity index (χ3v) is 12.5. The molecule has 6 bridgehead atoms. The van der Waals surface area contributed by atoms with Crippen molar-refractivity contribution in [3.05, 3.63) is 47.9 Å². The summed E-state index contributed by atoms with van der Waals surface area (Å²) in [4.78, 5) is 45.2. The molecule has 12 nitrogen and oxygen atoms in total. The third-order valence-electron chi connectivity index (χ3n) is 12.5. The van der Waals surface area contributed by atoms with Crippen molar-refractivity contribution in [3.8, 4) is 23.0 Å². The second-order valence-electron chi connectivity index (χ2n) is 16.6. The van der Waals surface area contributed by atoms with Crippen molar-refractivity contribution in [3.63, 3.8) is 0 Å². The van der Waals surface area contributed by atoms with E-state index >= 15 is 4.39 Å². The van der Waals surface area contributed by atoms with E-state index in [0.717, 1.165) is 24.9 Å². The molecule has 2 amide bonds. The third kappa shape index (κ3) is 7.08. The second-order valence-corrected chi connectivity index (χ2v) is 16.6. The minimum absolute atomic E-state index is 0.0900. The highest BCUT2D eigenvalue weighted by Gasteiger charge is 2.50. The fourth-order valence-electron chi connectivity index (χ4n) is 9.81. The first-order valence-corrected chi connectivity index (χ1v) is 20.0. The molecule has 58 heavy (non-hydrogen) atoms.